The summed E-state index contributed by atoms with van der Waals surface area (Å²) in [5.41, 5.74) is 2.85. The summed E-state index contributed by atoms with van der Waals surface area (Å²) in [4.78, 5) is 38.8. The van der Waals surface area contributed by atoms with Crippen LogP contribution in [0.15, 0.2) is 48.2 Å². The Bertz CT molecular complexity index is 1050. The summed E-state index contributed by atoms with van der Waals surface area (Å²) in [5, 5.41) is 4.98. The minimum atomic E-state index is -0.153. The van der Waals surface area contributed by atoms with E-state index in [1.165, 1.54) is 11.3 Å². The number of fused-ring (bicyclic) bond motifs is 1. The Hall–Kier alpha value is -2.93. The Morgan fingerprint density at radius 2 is 2.00 bits per heavy atom. The van der Waals surface area contributed by atoms with E-state index in [0.717, 1.165) is 29.7 Å². The summed E-state index contributed by atoms with van der Waals surface area (Å²) in [7, 11) is 0. The molecule has 0 aromatic carbocycles. The molecule has 1 atom stereocenters. The van der Waals surface area contributed by atoms with Crippen LogP contribution in [0.2, 0.25) is 0 Å². The van der Waals surface area contributed by atoms with Gasteiger partial charge in [0, 0.05) is 42.6 Å². The molecular formula is C23H24N4O2S. The van der Waals surface area contributed by atoms with Gasteiger partial charge < -0.3 is 5.32 Å². The molecule has 0 saturated carbocycles. The summed E-state index contributed by atoms with van der Waals surface area (Å²) in [6.45, 7) is 4.37. The minimum Gasteiger partial charge on any atom is -0.349 e. The number of Topliss-reactive ketones (excluding diaryl/α,β-unsaturated/α-hetero) is 1. The Kier molecular flexibility index (Phi) is 5.72. The second-order valence-electron chi connectivity index (χ2n) is 8.40. The second-order valence-corrected chi connectivity index (χ2v) is 9.34. The third kappa shape index (κ3) is 4.62. The standard InChI is InChI=1S/C23H24N4O2S/c1-23(2)12-17(26-21(29)6-5-19(28)20-4-3-11-30-20)16-14-25-22(27-18(16)13-23)15-7-9-24-10-8-15/h3-4,7-11,14,17H,5-6,12-13H2,1-2H3,(H,26,29)/t17-/m1/s1. The molecule has 4 rings (SSSR count). The van der Waals surface area contributed by atoms with Crippen molar-refractivity contribution < 1.29 is 9.59 Å². The lowest BCUT2D eigenvalue weighted by molar-refractivity contribution is -0.122. The van der Waals surface area contributed by atoms with Crippen LogP contribution in [0.3, 0.4) is 0 Å². The molecule has 30 heavy (non-hydrogen) atoms. The minimum absolute atomic E-state index is 0.00159. The van der Waals surface area contributed by atoms with Crippen LogP contribution in [-0.2, 0) is 11.2 Å². The van der Waals surface area contributed by atoms with Gasteiger partial charge in [0.1, 0.15) is 0 Å². The predicted octanol–water partition coefficient (Wildman–Crippen LogP) is 4.39. The summed E-state index contributed by atoms with van der Waals surface area (Å²) in [5.74, 6) is 0.557. The first-order valence-corrected chi connectivity index (χ1v) is 10.9. The number of hydrogen-bond donors (Lipinski definition) is 1. The fraction of sp³-hybridized carbons (Fsp3) is 0.348. The molecule has 1 aliphatic carbocycles. The van der Waals surface area contributed by atoms with Crippen molar-refractivity contribution in [3.63, 3.8) is 0 Å². The maximum atomic E-state index is 12.6. The van der Waals surface area contributed by atoms with Gasteiger partial charge >= 0.3 is 0 Å². The van der Waals surface area contributed by atoms with Gasteiger partial charge in [0.05, 0.1) is 16.6 Å². The highest BCUT2D eigenvalue weighted by molar-refractivity contribution is 7.12. The van der Waals surface area contributed by atoms with Crippen LogP contribution >= 0.6 is 11.3 Å². The Morgan fingerprint density at radius 1 is 1.20 bits per heavy atom. The van der Waals surface area contributed by atoms with E-state index in [4.69, 9.17) is 4.98 Å². The van der Waals surface area contributed by atoms with Crippen molar-refractivity contribution in [1.82, 2.24) is 20.3 Å². The lowest BCUT2D eigenvalue weighted by atomic mass is 9.74. The van der Waals surface area contributed by atoms with Gasteiger partial charge in [0.2, 0.25) is 5.91 Å². The summed E-state index contributed by atoms with van der Waals surface area (Å²) >= 11 is 1.41. The van der Waals surface area contributed by atoms with Crippen molar-refractivity contribution in [2.24, 2.45) is 5.41 Å². The Balaban J connectivity index is 1.49. The van der Waals surface area contributed by atoms with E-state index in [1.54, 1.807) is 18.5 Å². The first kappa shape index (κ1) is 20.3. The zero-order valence-electron chi connectivity index (χ0n) is 17.1. The number of rotatable bonds is 6. The maximum absolute atomic E-state index is 12.6. The van der Waals surface area contributed by atoms with Gasteiger partial charge in [-0.15, -0.1) is 11.3 Å². The largest absolute Gasteiger partial charge is 0.349 e. The number of carbonyl (C=O) groups excluding carboxylic acids is 2. The molecule has 0 spiro atoms. The number of carbonyl (C=O) groups is 2. The van der Waals surface area contributed by atoms with Gasteiger partial charge in [-0.05, 0) is 41.8 Å². The first-order valence-electron chi connectivity index (χ1n) is 10.0. The highest BCUT2D eigenvalue weighted by atomic mass is 32.1. The highest BCUT2D eigenvalue weighted by Gasteiger charge is 2.34. The molecule has 3 aromatic heterocycles. The highest BCUT2D eigenvalue weighted by Crippen LogP contribution is 2.40. The molecule has 0 bridgehead atoms. The van der Waals surface area contributed by atoms with Crippen LogP contribution < -0.4 is 5.32 Å². The molecule has 154 valence electrons. The van der Waals surface area contributed by atoms with Crippen molar-refractivity contribution in [3.8, 4) is 11.4 Å². The van der Waals surface area contributed by atoms with Crippen molar-refractivity contribution in [1.29, 1.82) is 0 Å². The van der Waals surface area contributed by atoms with Crippen LogP contribution in [-0.4, -0.2) is 26.6 Å². The molecule has 3 aromatic rings. The van der Waals surface area contributed by atoms with Crippen molar-refractivity contribution in [3.05, 3.63) is 64.4 Å². The third-order valence-electron chi connectivity index (χ3n) is 5.33. The summed E-state index contributed by atoms with van der Waals surface area (Å²) in [6, 6.07) is 7.26. The summed E-state index contributed by atoms with van der Waals surface area (Å²) < 4.78 is 0. The van der Waals surface area contributed by atoms with Gasteiger partial charge in [-0.3, -0.25) is 14.6 Å². The molecule has 0 unspecified atom stereocenters. The van der Waals surface area contributed by atoms with Gasteiger partial charge in [0.25, 0.3) is 0 Å². The number of pyridine rings is 1. The van der Waals surface area contributed by atoms with E-state index < -0.39 is 0 Å². The van der Waals surface area contributed by atoms with Crippen LogP contribution in [0.1, 0.15) is 60.1 Å². The average molecular weight is 421 g/mol. The molecule has 0 fully saturated rings. The normalized spacial score (nSPS) is 17.2. The Labute approximate surface area is 179 Å². The number of nitrogens with one attached hydrogen (secondary N) is 1. The van der Waals surface area contributed by atoms with Crippen molar-refractivity contribution in [2.45, 2.75) is 45.6 Å². The molecule has 6 nitrogen and oxygen atoms in total. The first-order chi connectivity index (χ1) is 14.4. The number of ketones is 1. The van der Waals surface area contributed by atoms with E-state index in [0.29, 0.717) is 10.7 Å². The molecule has 3 heterocycles. The molecule has 0 aliphatic heterocycles. The van der Waals surface area contributed by atoms with Gasteiger partial charge in [0.15, 0.2) is 11.6 Å². The molecule has 0 saturated heterocycles. The van der Waals surface area contributed by atoms with Crippen LogP contribution in [0.25, 0.3) is 11.4 Å². The lowest BCUT2D eigenvalue weighted by Crippen LogP contribution is -2.37. The van der Waals surface area contributed by atoms with Gasteiger partial charge in [-0.2, -0.15) is 0 Å². The number of hydrogen-bond acceptors (Lipinski definition) is 6. The number of amides is 1. The van der Waals surface area contributed by atoms with Crippen LogP contribution in [0, 0.1) is 5.41 Å². The van der Waals surface area contributed by atoms with E-state index in [1.807, 2.05) is 29.8 Å². The fourth-order valence-corrected chi connectivity index (χ4v) is 4.56. The zero-order chi connectivity index (χ0) is 21.1. The smallest absolute Gasteiger partial charge is 0.220 e. The van der Waals surface area contributed by atoms with Crippen LogP contribution in [0.5, 0.6) is 0 Å². The molecule has 7 heteroatoms. The zero-order valence-corrected chi connectivity index (χ0v) is 17.9. The van der Waals surface area contributed by atoms with E-state index >= 15 is 0 Å². The number of thiophene rings is 1. The van der Waals surface area contributed by atoms with Crippen molar-refractivity contribution in [2.75, 3.05) is 0 Å². The molecule has 1 N–H and O–H groups in total. The number of nitrogens with zero attached hydrogens (tertiary/aromatic N) is 3. The fourth-order valence-electron chi connectivity index (χ4n) is 3.87. The van der Waals surface area contributed by atoms with E-state index in [2.05, 4.69) is 29.1 Å². The van der Waals surface area contributed by atoms with Crippen molar-refractivity contribution >= 4 is 23.0 Å². The van der Waals surface area contributed by atoms with Gasteiger partial charge in [-0.25, -0.2) is 9.97 Å². The molecule has 0 radical (unpaired) electrons. The Morgan fingerprint density at radius 3 is 2.73 bits per heavy atom. The topological polar surface area (TPSA) is 84.8 Å². The van der Waals surface area contributed by atoms with E-state index in [-0.39, 0.29) is 36.0 Å². The monoisotopic (exact) mass is 420 g/mol. The van der Waals surface area contributed by atoms with E-state index in [9.17, 15) is 9.59 Å². The van der Waals surface area contributed by atoms with Crippen LogP contribution in [0.4, 0.5) is 0 Å². The third-order valence-corrected chi connectivity index (χ3v) is 6.24. The second kappa shape index (κ2) is 8.44. The molecular weight excluding hydrogens is 396 g/mol. The molecule has 1 amide bonds. The lowest BCUT2D eigenvalue weighted by Gasteiger charge is -2.36. The SMILES string of the molecule is CC1(C)Cc2nc(-c3ccncc3)ncc2[C@H](NC(=O)CCC(=O)c2cccs2)C1. The quantitative estimate of drug-likeness (QED) is 0.598. The predicted molar refractivity (Wildman–Crippen MR) is 116 cm³/mol. The van der Waals surface area contributed by atoms with Gasteiger partial charge in [-0.1, -0.05) is 19.9 Å². The maximum Gasteiger partial charge on any atom is 0.220 e. The average Bonchev–Trinajstić information content (AvgIpc) is 3.26. The summed E-state index contributed by atoms with van der Waals surface area (Å²) in [6.07, 6.45) is 7.31. The number of aromatic nitrogens is 3. The molecule has 1 aliphatic rings.